The number of methoxy groups -OCH3 is 1. The van der Waals surface area contributed by atoms with Crippen LogP contribution < -0.4 is 10.5 Å². The number of nitrogens with zero attached hydrogens (tertiary/aromatic N) is 2. The summed E-state index contributed by atoms with van der Waals surface area (Å²) in [6.07, 6.45) is 5.98. The van der Waals surface area contributed by atoms with E-state index >= 15 is 0 Å². The van der Waals surface area contributed by atoms with E-state index in [9.17, 15) is 34.8 Å². The van der Waals surface area contributed by atoms with Crippen LogP contribution in [0.15, 0.2) is 28.7 Å². The number of rotatable bonds is 6. The van der Waals surface area contributed by atoms with Crippen LogP contribution in [0.1, 0.15) is 60.0 Å². The average molecular weight is 570 g/mol. The Morgan fingerprint density at radius 1 is 1.12 bits per heavy atom. The van der Waals surface area contributed by atoms with Crippen LogP contribution in [0.25, 0.3) is 0 Å². The Hall–Kier alpha value is -3.41. The largest absolute Gasteiger partial charge is 0.510 e. The van der Waals surface area contributed by atoms with Crippen molar-refractivity contribution in [2.75, 3.05) is 28.3 Å². The first-order valence-electron chi connectivity index (χ1n) is 14.1. The summed E-state index contributed by atoms with van der Waals surface area (Å²) in [6, 6.07) is 0.882. The van der Waals surface area contributed by atoms with Gasteiger partial charge in [0.2, 0.25) is 5.78 Å². The summed E-state index contributed by atoms with van der Waals surface area (Å²) in [5, 5.41) is 45.2. The van der Waals surface area contributed by atoms with E-state index in [0.717, 1.165) is 18.4 Å². The maximum atomic E-state index is 13.9. The van der Waals surface area contributed by atoms with Crippen molar-refractivity contribution in [1.82, 2.24) is 9.80 Å². The molecule has 0 heterocycles. The summed E-state index contributed by atoms with van der Waals surface area (Å²) >= 11 is 0. The minimum Gasteiger partial charge on any atom is -0.510 e. The monoisotopic (exact) mass is 569 g/mol. The van der Waals surface area contributed by atoms with Crippen molar-refractivity contribution in [3.8, 4) is 11.5 Å². The number of carbonyl (C=O) groups excluding carboxylic acids is 3. The first-order valence-corrected chi connectivity index (χ1v) is 14.1. The predicted octanol–water partition coefficient (Wildman–Crippen LogP) is 1.89. The van der Waals surface area contributed by atoms with Crippen LogP contribution in [0.5, 0.6) is 11.5 Å². The Balaban J connectivity index is 1.61. The van der Waals surface area contributed by atoms with Crippen molar-refractivity contribution in [1.29, 1.82) is 0 Å². The number of benzene rings is 1. The predicted molar refractivity (Wildman–Crippen MR) is 149 cm³/mol. The molecule has 4 aliphatic carbocycles. The molecule has 0 unspecified atom stereocenters. The minimum absolute atomic E-state index is 0.0296. The number of ether oxygens (including phenoxy) is 1. The van der Waals surface area contributed by atoms with E-state index in [2.05, 4.69) is 4.90 Å². The Labute approximate surface area is 238 Å². The normalized spacial score (nSPS) is 28.6. The summed E-state index contributed by atoms with van der Waals surface area (Å²) in [6.45, 7) is 0.510. The number of likely N-dealkylation sites (N-methyl/N-ethyl adjacent to an activating group) is 1. The quantitative estimate of drug-likeness (QED) is 0.318. The topological polar surface area (TPSA) is 174 Å². The number of fused-ring (bicyclic) bond motifs is 3. The number of hydrogen-bond acceptors (Lipinski definition) is 10. The minimum atomic E-state index is -2.66. The molecule has 1 aromatic rings. The number of ketones is 2. The van der Waals surface area contributed by atoms with Gasteiger partial charge in [-0.3, -0.25) is 24.2 Å². The zero-order chi connectivity index (χ0) is 30.0. The number of aliphatic hydroxyl groups excluding tert-OH is 2. The number of amides is 1. The molecule has 0 spiro atoms. The maximum absolute atomic E-state index is 13.9. The highest BCUT2D eigenvalue weighted by Crippen LogP contribution is 2.53. The van der Waals surface area contributed by atoms with Gasteiger partial charge in [-0.2, -0.15) is 0 Å². The molecule has 222 valence electrons. The van der Waals surface area contributed by atoms with E-state index in [-0.39, 0.29) is 29.7 Å². The molecule has 0 aromatic heterocycles. The van der Waals surface area contributed by atoms with Gasteiger partial charge in [-0.05, 0) is 58.8 Å². The number of aromatic hydroxyl groups is 1. The van der Waals surface area contributed by atoms with Gasteiger partial charge in [0, 0.05) is 35.2 Å². The third-order valence-corrected chi connectivity index (χ3v) is 9.57. The van der Waals surface area contributed by atoms with Crippen molar-refractivity contribution in [3.63, 3.8) is 0 Å². The van der Waals surface area contributed by atoms with Gasteiger partial charge >= 0.3 is 0 Å². The summed E-state index contributed by atoms with van der Waals surface area (Å²) in [5.74, 6) is -6.22. The fourth-order valence-corrected chi connectivity index (χ4v) is 7.65. The van der Waals surface area contributed by atoms with Crippen molar-refractivity contribution >= 4 is 17.5 Å². The first kappa shape index (κ1) is 29.1. The van der Waals surface area contributed by atoms with Crippen LogP contribution in [0.2, 0.25) is 0 Å². The highest BCUT2D eigenvalue weighted by molar-refractivity contribution is 6.24. The van der Waals surface area contributed by atoms with E-state index < -0.39 is 58.0 Å². The molecule has 0 radical (unpaired) electrons. The standard InChI is InChI=1S/C30H39N3O8/c1-32(2)23-18-11-14-10-17-21(19(34)12-15(26(17)41-4)13-33(3)16-8-6-5-7-9-16)24(35)20(14)27(37)30(18,40)28(38)22(25(23)36)29(31)39/h12,14,16,18,23,34,36-37,40H,5-11,13H2,1-4H3,(H2,31,39)/t14-,18-,23-,30-/m0/s1. The number of hydrogen-bond donors (Lipinski definition) is 5. The number of Topliss-reactive ketones (excluding diaryl/α,β-unsaturated/α-hetero) is 2. The van der Waals surface area contributed by atoms with Gasteiger partial charge in [-0.15, -0.1) is 0 Å². The van der Waals surface area contributed by atoms with Crippen LogP contribution in [-0.2, 0) is 22.6 Å². The van der Waals surface area contributed by atoms with Crippen LogP contribution in [0.3, 0.4) is 0 Å². The van der Waals surface area contributed by atoms with Crippen LogP contribution in [0, 0.1) is 11.8 Å². The van der Waals surface area contributed by atoms with Gasteiger partial charge in [0.15, 0.2) is 11.4 Å². The van der Waals surface area contributed by atoms with Crippen LogP contribution in [0.4, 0.5) is 0 Å². The van der Waals surface area contributed by atoms with Gasteiger partial charge in [0.25, 0.3) is 5.91 Å². The number of primary amides is 1. The number of carbonyl (C=O) groups is 3. The lowest BCUT2D eigenvalue weighted by atomic mass is 9.58. The molecule has 4 atom stereocenters. The molecule has 1 aromatic carbocycles. The van der Waals surface area contributed by atoms with Gasteiger partial charge in [0.05, 0.1) is 18.7 Å². The van der Waals surface area contributed by atoms with Gasteiger partial charge in [0.1, 0.15) is 28.6 Å². The van der Waals surface area contributed by atoms with Crippen molar-refractivity contribution in [3.05, 3.63) is 45.4 Å². The third-order valence-electron chi connectivity index (χ3n) is 9.57. The molecular formula is C30H39N3O8. The molecule has 4 aliphatic rings. The SMILES string of the molecule is COc1c(CN(C)C2CCCCC2)cc(O)c2c1C[C@H]1C[C@H]3[C@H](N(C)C)C(O)=C(C(N)=O)C(=O)[C@@]3(O)C(O)=C1C2=O. The first-order chi connectivity index (χ1) is 19.3. The number of allylic oxidation sites excluding steroid dienone is 1. The van der Waals surface area contributed by atoms with Crippen LogP contribution >= 0.6 is 0 Å². The molecule has 11 heteroatoms. The maximum Gasteiger partial charge on any atom is 0.255 e. The second-order valence-electron chi connectivity index (χ2n) is 12.1. The second-order valence-corrected chi connectivity index (χ2v) is 12.1. The molecule has 5 rings (SSSR count). The Morgan fingerprint density at radius 2 is 1.78 bits per heavy atom. The van der Waals surface area contributed by atoms with E-state index in [0.29, 0.717) is 23.9 Å². The molecule has 41 heavy (non-hydrogen) atoms. The molecule has 1 fully saturated rings. The zero-order valence-corrected chi connectivity index (χ0v) is 23.9. The summed E-state index contributed by atoms with van der Waals surface area (Å²) in [4.78, 5) is 43.3. The molecule has 6 N–H and O–H groups in total. The fourth-order valence-electron chi connectivity index (χ4n) is 7.65. The van der Waals surface area contributed by atoms with Crippen molar-refractivity contribution in [2.45, 2.75) is 69.2 Å². The smallest absolute Gasteiger partial charge is 0.255 e. The van der Waals surface area contributed by atoms with Crippen molar-refractivity contribution in [2.24, 2.45) is 17.6 Å². The van der Waals surface area contributed by atoms with Crippen molar-refractivity contribution < 1.29 is 39.5 Å². The van der Waals surface area contributed by atoms with E-state index in [1.165, 1.54) is 37.3 Å². The lowest BCUT2D eigenvalue weighted by Crippen LogP contribution is -2.63. The Kier molecular flexibility index (Phi) is 7.42. The zero-order valence-electron chi connectivity index (χ0n) is 23.9. The lowest BCUT2D eigenvalue weighted by Gasteiger charge is -2.50. The highest BCUT2D eigenvalue weighted by Gasteiger charge is 2.63. The number of phenols is 1. The molecule has 1 amide bonds. The molecule has 0 bridgehead atoms. The van der Waals surface area contributed by atoms with E-state index in [1.54, 1.807) is 14.1 Å². The molecule has 1 saturated carbocycles. The molecule has 0 aliphatic heterocycles. The number of aliphatic hydroxyl groups is 3. The van der Waals surface area contributed by atoms with Gasteiger partial charge < -0.3 is 30.9 Å². The Morgan fingerprint density at radius 3 is 2.37 bits per heavy atom. The fraction of sp³-hybridized carbons (Fsp3) is 0.567. The third kappa shape index (κ3) is 4.33. The Bertz CT molecular complexity index is 1380. The summed E-state index contributed by atoms with van der Waals surface area (Å²) in [7, 11) is 6.76. The average Bonchev–Trinajstić information content (AvgIpc) is 2.90. The van der Waals surface area contributed by atoms with Gasteiger partial charge in [-0.1, -0.05) is 19.3 Å². The van der Waals surface area contributed by atoms with Crippen LogP contribution in [-0.4, -0.2) is 93.6 Å². The highest BCUT2D eigenvalue weighted by atomic mass is 16.5. The lowest BCUT2D eigenvalue weighted by molar-refractivity contribution is -0.148. The summed E-state index contributed by atoms with van der Waals surface area (Å²) in [5.41, 5.74) is 2.90. The molecule has 11 nitrogen and oxygen atoms in total. The van der Waals surface area contributed by atoms with E-state index in [1.807, 2.05) is 7.05 Å². The molecular weight excluding hydrogens is 530 g/mol. The second kappa shape index (κ2) is 10.5. The summed E-state index contributed by atoms with van der Waals surface area (Å²) < 4.78 is 5.82. The number of phenolic OH excluding ortho intramolecular Hbond substituents is 1. The molecule has 0 saturated heterocycles. The number of nitrogens with two attached hydrogens (primary N) is 1. The van der Waals surface area contributed by atoms with E-state index in [4.69, 9.17) is 10.5 Å². The van der Waals surface area contributed by atoms with Gasteiger partial charge in [-0.25, -0.2) is 0 Å².